The van der Waals surface area contributed by atoms with Gasteiger partial charge in [-0.1, -0.05) is 23.5 Å². The summed E-state index contributed by atoms with van der Waals surface area (Å²) >= 11 is 1.12. The molecule has 2 aromatic carbocycles. The minimum Gasteiger partial charge on any atom is -0.490 e. The zero-order valence-corrected chi connectivity index (χ0v) is 17.9. The normalized spacial score (nSPS) is 11.8. The molecule has 0 radical (unpaired) electrons. The Morgan fingerprint density at radius 1 is 1.25 bits per heavy atom. The molecule has 2 heterocycles. The summed E-state index contributed by atoms with van der Waals surface area (Å²) in [6.45, 7) is 2.02. The van der Waals surface area contributed by atoms with Crippen LogP contribution in [0.15, 0.2) is 51.9 Å². The molecular weight excluding hydrogens is 438 g/mol. The number of hydrogen-bond acceptors (Lipinski definition) is 8. The Hall–Kier alpha value is -3.99. The van der Waals surface area contributed by atoms with E-state index in [-0.39, 0.29) is 22.8 Å². The Bertz CT molecular complexity index is 1430. The first-order valence-electron chi connectivity index (χ1n) is 9.50. The molecule has 0 aliphatic heterocycles. The predicted molar refractivity (Wildman–Crippen MR) is 116 cm³/mol. The number of nitro benzene ring substituents is 1. The van der Waals surface area contributed by atoms with Gasteiger partial charge in [0.1, 0.15) is 6.54 Å². The molecular formula is C21H17N3O7S. The lowest BCUT2D eigenvalue weighted by Gasteiger charge is -2.03. The predicted octanol–water partition coefficient (Wildman–Crippen LogP) is 3.67. The monoisotopic (exact) mass is 455 g/mol. The minimum atomic E-state index is -0.664. The van der Waals surface area contributed by atoms with Gasteiger partial charge in [0.15, 0.2) is 21.9 Å². The fourth-order valence-electron chi connectivity index (χ4n) is 3.16. The van der Waals surface area contributed by atoms with E-state index in [1.165, 1.54) is 23.8 Å². The second kappa shape index (κ2) is 8.63. The molecule has 0 aliphatic rings. The second-order valence-electron chi connectivity index (χ2n) is 6.59. The van der Waals surface area contributed by atoms with Crippen molar-refractivity contribution in [1.82, 2.24) is 4.57 Å². The number of nitrogens with zero attached hydrogens (tertiary/aromatic N) is 3. The Morgan fingerprint density at radius 2 is 2.06 bits per heavy atom. The smallest absolute Gasteiger partial charge is 0.325 e. The molecule has 0 saturated carbocycles. The van der Waals surface area contributed by atoms with Crippen LogP contribution in [0.3, 0.4) is 0 Å². The van der Waals surface area contributed by atoms with Crippen molar-refractivity contribution >= 4 is 50.1 Å². The number of esters is 1. The average molecular weight is 455 g/mol. The zero-order valence-electron chi connectivity index (χ0n) is 17.1. The van der Waals surface area contributed by atoms with E-state index in [1.54, 1.807) is 30.3 Å². The number of aromatic nitrogens is 1. The molecule has 0 fully saturated rings. The third-order valence-electron chi connectivity index (χ3n) is 4.61. The highest BCUT2D eigenvalue weighted by atomic mass is 32.1. The first-order chi connectivity index (χ1) is 15.4. The Balaban J connectivity index is 1.83. The number of ether oxygens (including phenoxy) is 2. The summed E-state index contributed by atoms with van der Waals surface area (Å²) in [5, 5.41) is 11.9. The Morgan fingerprint density at radius 3 is 2.78 bits per heavy atom. The molecule has 0 N–H and O–H groups in total. The number of benzene rings is 2. The highest BCUT2D eigenvalue weighted by molar-refractivity contribution is 7.16. The summed E-state index contributed by atoms with van der Waals surface area (Å²) in [6.07, 6.45) is 0. The molecule has 0 unspecified atom stereocenters. The van der Waals surface area contributed by atoms with Crippen LogP contribution in [-0.4, -0.2) is 35.1 Å². The van der Waals surface area contributed by atoms with Gasteiger partial charge < -0.3 is 18.5 Å². The molecule has 0 saturated heterocycles. The number of nitro groups is 1. The van der Waals surface area contributed by atoms with Gasteiger partial charge in [-0.25, -0.2) is 0 Å². The molecule has 10 nitrogen and oxygen atoms in total. The van der Waals surface area contributed by atoms with Gasteiger partial charge in [0, 0.05) is 17.5 Å². The van der Waals surface area contributed by atoms with Gasteiger partial charge in [-0.15, -0.1) is 0 Å². The molecule has 0 bridgehead atoms. The lowest BCUT2D eigenvalue weighted by atomic mass is 10.2. The van der Waals surface area contributed by atoms with Crippen molar-refractivity contribution in [2.75, 3.05) is 13.7 Å². The highest BCUT2D eigenvalue weighted by Gasteiger charge is 2.18. The van der Waals surface area contributed by atoms with Gasteiger partial charge in [-0.3, -0.25) is 19.7 Å². The number of para-hydroxylation sites is 1. The zero-order chi connectivity index (χ0) is 22.8. The van der Waals surface area contributed by atoms with Crippen molar-refractivity contribution in [1.29, 1.82) is 0 Å². The molecule has 11 heteroatoms. The van der Waals surface area contributed by atoms with Crippen LogP contribution < -0.4 is 9.54 Å². The summed E-state index contributed by atoms with van der Waals surface area (Å²) < 4.78 is 18.0. The van der Waals surface area contributed by atoms with Crippen molar-refractivity contribution < 1.29 is 28.4 Å². The molecule has 0 aliphatic carbocycles. The minimum absolute atomic E-state index is 0.000192. The largest absolute Gasteiger partial charge is 0.490 e. The van der Waals surface area contributed by atoms with Gasteiger partial charge in [0.2, 0.25) is 0 Å². The molecule has 164 valence electrons. The number of thiazole rings is 1. The molecule has 4 rings (SSSR count). The number of hydrogen-bond donors (Lipinski definition) is 0. The van der Waals surface area contributed by atoms with Gasteiger partial charge >= 0.3 is 11.9 Å². The number of fused-ring (bicyclic) bond motifs is 2. The fourth-order valence-corrected chi connectivity index (χ4v) is 4.16. The topological polar surface area (TPSA) is 126 Å². The summed E-state index contributed by atoms with van der Waals surface area (Å²) in [7, 11) is 1.23. The number of amides is 1. The van der Waals surface area contributed by atoms with Crippen LogP contribution in [0, 0.1) is 10.1 Å². The summed E-state index contributed by atoms with van der Waals surface area (Å²) in [4.78, 5) is 39.8. The maximum absolute atomic E-state index is 12.9. The van der Waals surface area contributed by atoms with E-state index in [9.17, 15) is 19.7 Å². The van der Waals surface area contributed by atoms with Crippen LogP contribution in [0.4, 0.5) is 5.69 Å². The molecule has 0 atom stereocenters. The number of methoxy groups -OCH3 is 1. The Kier molecular flexibility index (Phi) is 5.73. The standard InChI is InChI=1S/C21H17N3O7S/c1-3-30-15-6-4-5-12-9-16(31-19(12)15)20(26)22-21-23(11-18(25)29-2)14-10-13(24(27)28)7-8-17(14)32-21/h4-10H,3,11H2,1-2H3. The van der Waals surface area contributed by atoms with E-state index in [0.29, 0.717) is 33.5 Å². The van der Waals surface area contributed by atoms with Gasteiger partial charge in [-0.2, -0.15) is 4.99 Å². The number of carbonyl (C=O) groups is 2. The third kappa shape index (κ3) is 3.97. The van der Waals surface area contributed by atoms with E-state index >= 15 is 0 Å². The second-order valence-corrected chi connectivity index (χ2v) is 7.60. The maximum Gasteiger partial charge on any atom is 0.325 e. The van der Waals surface area contributed by atoms with E-state index < -0.39 is 16.8 Å². The first kappa shape index (κ1) is 21.2. The first-order valence-corrected chi connectivity index (χ1v) is 10.3. The molecule has 0 spiro atoms. The van der Waals surface area contributed by atoms with Crippen molar-refractivity contribution in [3.05, 3.63) is 63.1 Å². The fraction of sp³-hybridized carbons (Fsp3) is 0.190. The number of carbonyl (C=O) groups excluding carboxylic acids is 2. The molecule has 32 heavy (non-hydrogen) atoms. The SMILES string of the molecule is CCOc1cccc2cc(C(=O)N=c3sc4ccc([N+](=O)[O-])cc4n3CC(=O)OC)oc12. The third-order valence-corrected chi connectivity index (χ3v) is 5.67. The van der Waals surface area contributed by atoms with Crippen LogP contribution in [-0.2, 0) is 16.1 Å². The van der Waals surface area contributed by atoms with Crippen LogP contribution in [0.2, 0.25) is 0 Å². The summed E-state index contributed by atoms with van der Waals surface area (Å²) in [6, 6.07) is 11.1. The van der Waals surface area contributed by atoms with Crippen LogP contribution >= 0.6 is 11.3 Å². The van der Waals surface area contributed by atoms with Gasteiger partial charge in [0.05, 0.1) is 28.9 Å². The van der Waals surface area contributed by atoms with Crippen LogP contribution in [0.1, 0.15) is 17.5 Å². The van der Waals surface area contributed by atoms with Crippen molar-refractivity contribution in [2.45, 2.75) is 13.5 Å². The lowest BCUT2D eigenvalue weighted by molar-refractivity contribution is -0.384. The molecule has 1 amide bonds. The van der Waals surface area contributed by atoms with E-state index in [2.05, 4.69) is 4.99 Å². The summed E-state index contributed by atoms with van der Waals surface area (Å²) in [5.74, 6) is -0.738. The van der Waals surface area contributed by atoms with Crippen molar-refractivity contribution in [3.8, 4) is 5.75 Å². The van der Waals surface area contributed by atoms with Gasteiger partial charge in [-0.05, 0) is 25.1 Å². The van der Waals surface area contributed by atoms with Crippen molar-refractivity contribution in [3.63, 3.8) is 0 Å². The average Bonchev–Trinajstić information content (AvgIpc) is 3.36. The highest BCUT2D eigenvalue weighted by Crippen LogP contribution is 2.29. The lowest BCUT2D eigenvalue weighted by Crippen LogP contribution is -2.22. The van der Waals surface area contributed by atoms with E-state index in [1.807, 2.05) is 6.92 Å². The quantitative estimate of drug-likeness (QED) is 0.247. The molecule has 2 aromatic heterocycles. The molecule has 4 aromatic rings. The van der Waals surface area contributed by atoms with Gasteiger partial charge in [0.25, 0.3) is 5.69 Å². The van der Waals surface area contributed by atoms with Crippen molar-refractivity contribution in [2.24, 2.45) is 4.99 Å². The Labute approximate surface area is 184 Å². The van der Waals surface area contributed by atoms with Crippen LogP contribution in [0.5, 0.6) is 5.75 Å². The van der Waals surface area contributed by atoms with E-state index in [4.69, 9.17) is 13.9 Å². The number of rotatable bonds is 6. The number of non-ortho nitro benzene ring substituents is 1. The maximum atomic E-state index is 12.9. The number of furan rings is 1. The van der Waals surface area contributed by atoms with E-state index in [0.717, 1.165) is 11.3 Å². The summed E-state index contributed by atoms with van der Waals surface area (Å²) in [5.41, 5.74) is 0.680. The van der Waals surface area contributed by atoms with Crippen LogP contribution in [0.25, 0.3) is 21.2 Å².